The van der Waals surface area contributed by atoms with E-state index in [2.05, 4.69) is 39.9 Å². The van der Waals surface area contributed by atoms with E-state index in [9.17, 15) is 14.0 Å². The summed E-state index contributed by atoms with van der Waals surface area (Å²) in [5, 5.41) is 7.66. The Hall–Kier alpha value is -4.31. The predicted molar refractivity (Wildman–Crippen MR) is 163 cm³/mol. The first kappa shape index (κ1) is 29.7. The quantitative estimate of drug-likeness (QED) is 0.149. The third-order valence-corrected chi connectivity index (χ3v) is 6.66. The van der Waals surface area contributed by atoms with Crippen molar-refractivity contribution in [3.8, 4) is 11.5 Å². The van der Waals surface area contributed by atoms with E-state index in [-0.39, 0.29) is 12.2 Å². The van der Waals surface area contributed by atoms with E-state index < -0.39 is 11.7 Å². The molecule has 1 heterocycles. The van der Waals surface area contributed by atoms with Crippen molar-refractivity contribution in [2.45, 2.75) is 32.6 Å². The monoisotopic (exact) mass is 620 g/mol. The fraction of sp³-hybridized carbons (Fsp3) is 0.226. The Balaban J connectivity index is 1.64. The maximum Gasteiger partial charge on any atom is 0.282 e. The predicted octanol–water partition coefficient (Wildman–Crippen LogP) is 6.28. The van der Waals surface area contributed by atoms with E-state index in [0.29, 0.717) is 52.3 Å². The molecule has 10 heteroatoms. The summed E-state index contributed by atoms with van der Waals surface area (Å²) < 4.78 is 26.7. The summed E-state index contributed by atoms with van der Waals surface area (Å²) in [4.78, 5) is 30.6. The molecular formula is C31H30BrFN4O4. The van der Waals surface area contributed by atoms with Crippen LogP contribution >= 0.6 is 15.9 Å². The average molecular weight is 622 g/mol. The second kappa shape index (κ2) is 13.8. The van der Waals surface area contributed by atoms with Gasteiger partial charge in [-0.1, -0.05) is 35.4 Å². The number of benzene rings is 3. The second-order valence-electron chi connectivity index (χ2n) is 9.20. The lowest BCUT2D eigenvalue weighted by Gasteiger charge is -2.16. The largest absolute Gasteiger partial charge is 0.493 e. The summed E-state index contributed by atoms with van der Waals surface area (Å²) in [5.74, 6) is 0.543. The summed E-state index contributed by atoms with van der Waals surface area (Å²) in [5.41, 5.74) is 2.19. The molecule has 4 aromatic rings. The Morgan fingerprint density at radius 3 is 2.68 bits per heavy atom. The van der Waals surface area contributed by atoms with Crippen LogP contribution in [0.15, 0.2) is 81.6 Å². The Bertz CT molecular complexity index is 1650. The molecule has 212 valence electrons. The zero-order valence-electron chi connectivity index (χ0n) is 22.8. The number of amides is 1. The van der Waals surface area contributed by atoms with Crippen molar-refractivity contribution in [1.29, 1.82) is 0 Å². The molecule has 0 aliphatic rings. The van der Waals surface area contributed by atoms with Gasteiger partial charge < -0.3 is 14.8 Å². The lowest BCUT2D eigenvalue weighted by Crippen LogP contribution is -2.22. The molecule has 1 N–H and O–H groups in total. The first-order chi connectivity index (χ1) is 19.8. The molecule has 0 saturated heterocycles. The van der Waals surface area contributed by atoms with Gasteiger partial charge in [0.1, 0.15) is 11.6 Å². The minimum atomic E-state index is -0.414. The molecule has 0 bridgehead atoms. The van der Waals surface area contributed by atoms with E-state index in [4.69, 9.17) is 14.5 Å². The fourth-order valence-corrected chi connectivity index (χ4v) is 4.54. The van der Waals surface area contributed by atoms with Gasteiger partial charge in [-0.25, -0.2) is 9.37 Å². The van der Waals surface area contributed by atoms with Crippen LogP contribution in [0, 0.1) is 5.82 Å². The van der Waals surface area contributed by atoms with Crippen molar-refractivity contribution >= 4 is 44.6 Å². The molecule has 3 aromatic carbocycles. The molecule has 0 aliphatic heterocycles. The smallest absolute Gasteiger partial charge is 0.282 e. The Kier molecular flexibility index (Phi) is 10.0. The lowest BCUT2D eigenvalue weighted by atomic mass is 10.1. The van der Waals surface area contributed by atoms with Crippen molar-refractivity contribution < 1.29 is 18.7 Å². The molecule has 0 fully saturated rings. The number of carbonyl (C=O) groups is 1. The van der Waals surface area contributed by atoms with Gasteiger partial charge in [-0.2, -0.15) is 9.78 Å². The molecule has 0 spiro atoms. The van der Waals surface area contributed by atoms with Gasteiger partial charge in [0, 0.05) is 22.1 Å². The van der Waals surface area contributed by atoms with Crippen LogP contribution in [-0.4, -0.2) is 35.5 Å². The van der Waals surface area contributed by atoms with Gasteiger partial charge in [0.25, 0.3) is 11.5 Å². The van der Waals surface area contributed by atoms with Gasteiger partial charge in [-0.05, 0) is 73.0 Å². The number of hydrogen-bond acceptors (Lipinski definition) is 6. The number of nitrogens with zero attached hydrogens (tertiary/aromatic N) is 3. The van der Waals surface area contributed by atoms with Crippen molar-refractivity contribution in [2.24, 2.45) is 5.10 Å². The standard InChI is InChI=1S/C31H30BrFN4O4/c1-4-6-8-28-36-26-14-9-22(32)17-25(26)31(39)37(28)34-18-20-15-21(7-5-2)30(27(16-20)40-3)41-19-29(38)35-24-12-10-23(33)11-13-24/h5,9-18H,2,4,6-8,19H2,1,3H3,(H,35,38). The maximum atomic E-state index is 13.4. The molecule has 1 amide bonds. The van der Waals surface area contributed by atoms with E-state index in [1.165, 1.54) is 36.1 Å². The van der Waals surface area contributed by atoms with Gasteiger partial charge in [0.05, 0.1) is 24.2 Å². The first-order valence-corrected chi connectivity index (χ1v) is 13.9. The van der Waals surface area contributed by atoms with Crippen LogP contribution in [0.5, 0.6) is 11.5 Å². The average Bonchev–Trinajstić information content (AvgIpc) is 2.96. The molecule has 0 radical (unpaired) electrons. The number of carbonyl (C=O) groups excluding carboxylic acids is 1. The SMILES string of the molecule is C=CCc1cc(C=Nn2c(CCCC)nc3ccc(Br)cc3c2=O)cc(OC)c1OCC(=O)Nc1ccc(F)cc1. The number of allylic oxidation sites excluding steroid dienone is 1. The summed E-state index contributed by atoms with van der Waals surface area (Å²) >= 11 is 3.43. The third kappa shape index (κ3) is 7.46. The molecule has 8 nitrogen and oxygen atoms in total. The van der Waals surface area contributed by atoms with Crippen LogP contribution in [0.1, 0.15) is 36.7 Å². The zero-order valence-corrected chi connectivity index (χ0v) is 24.4. The molecule has 41 heavy (non-hydrogen) atoms. The van der Waals surface area contributed by atoms with Crippen molar-refractivity contribution in [3.63, 3.8) is 0 Å². The van der Waals surface area contributed by atoms with Crippen molar-refractivity contribution in [2.75, 3.05) is 19.0 Å². The van der Waals surface area contributed by atoms with E-state index in [1.54, 1.807) is 24.4 Å². The lowest BCUT2D eigenvalue weighted by molar-refractivity contribution is -0.118. The zero-order chi connectivity index (χ0) is 29.4. The minimum absolute atomic E-state index is 0.260. The Labute approximate surface area is 245 Å². The van der Waals surface area contributed by atoms with Gasteiger partial charge in [-0.15, -0.1) is 6.58 Å². The molecule has 1 aromatic heterocycles. The van der Waals surface area contributed by atoms with Crippen LogP contribution in [0.2, 0.25) is 0 Å². The fourth-order valence-electron chi connectivity index (χ4n) is 4.18. The van der Waals surface area contributed by atoms with Crippen LogP contribution in [0.4, 0.5) is 10.1 Å². The van der Waals surface area contributed by atoms with Crippen molar-refractivity contribution in [3.05, 3.63) is 105 Å². The molecule has 0 saturated carbocycles. The molecule has 0 unspecified atom stereocenters. The Morgan fingerprint density at radius 2 is 1.98 bits per heavy atom. The second-order valence-corrected chi connectivity index (χ2v) is 10.1. The summed E-state index contributed by atoms with van der Waals surface area (Å²) in [6, 6.07) is 14.4. The van der Waals surface area contributed by atoms with Crippen molar-refractivity contribution in [1.82, 2.24) is 9.66 Å². The number of halogens is 2. The number of unbranched alkanes of at least 4 members (excludes halogenated alkanes) is 1. The van der Waals surface area contributed by atoms with Crippen LogP contribution < -0.4 is 20.3 Å². The van der Waals surface area contributed by atoms with Gasteiger partial charge in [0.2, 0.25) is 0 Å². The van der Waals surface area contributed by atoms with E-state index in [0.717, 1.165) is 22.9 Å². The maximum absolute atomic E-state index is 13.4. The third-order valence-electron chi connectivity index (χ3n) is 6.17. The first-order valence-electron chi connectivity index (χ1n) is 13.1. The molecule has 0 aliphatic carbocycles. The van der Waals surface area contributed by atoms with Gasteiger partial charge >= 0.3 is 0 Å². The van der Waals surface area contributed by atoms with Crippen LogP contribution in [0.25, 0.3) is 10.9 Å². The molecule has 4 rings (SSSR count). The molecular weight excluding hydrogens is 591 g/mol. The number of anilines is 1. The Morgan fingerprint density at radius 1 is 1.20 bits per heavy atom. The number of nitrogens with one attached hydrogen (secondary N) is 1. The number of ether oxygens (including phenoxy) is 2. The van der Waals surface area contributed by atoms with Gasteiger partial charge in [0.15, 0.2) is 18.1 Å². The number of rotatable bonds is 12. The number of fused-ring (bicyclic) bond motifs is 1. The summed E-state index contributed by atoms with van der Waals surface area (Å²) in [7, 11) is 1.50. The highest BCUT2D eigenvalue weighted by atomic mass is 79.9. The highest BCUT2D eigenvalue weighted by molar-refractivity contribution is 9.10. The summed E-state index contributed by atoms with van der Waals surface area (Å²) in [6.45, 7) is 5.61. The van der Waals surface area contributed by atoms with E-state index >= 15 is 0 Å². The number of hydrogen-bond donors (Lipinski definition) is 1. The highest BCUT2D eigenvalue weighted by Crippen LogP contribution is 2.33. The molecule has 0 atom stereocenters. The number of aryl methyl sites for hydroxylation is 1. The van der Waals surface area contributed by atoms with Gasteiger partial charge in [-0.3, -0.25) is 9.59 Å². The summed E-state index contributed by atoms with van der Waals surface area (Å²) in [6.07, 6.45) is 6.13. The van der Waals surface area contributed by atoms with Crippen LogP contribution in [0.3, 0.4) is 0 Å². The topological polar surface area (TPSA) is 94.8 Å². The normalized spacial score (nSPS) is 11.1. The highest BCUT2D eigenvalue weighted by Gasteiger charge is 2.15. The number of methoxy groups -OCH3 is 1. The number of aromatic nitrogens is 2. The van der Waals surface area contributed by atoms with Crippen LogP contribution in [-0.2, 0) is 17.6 Å². The van der Waals surface area contributed by atoms with E-state index in [1.807, 2.05) is 18.2 Å². The minimum Gasteiger partial charge on any atom is -0.493 e.